The lowest BCUT2D eigenvalue weighted by atomic mass is 9.99. The second-order valence-electron chi connectivity index (χ2n) is 3.49. The van der Waals surface area contributed by atoms with Crippen LogP contribution in [0.25, 0.3) is 0 Å². The van der Waals surface area contributed by atoms with E-state index < -0.39 is 12.1 Å². The highest BCUT2D eigenvalue weighted by Crippen LogP contribution is 2.28. The van der Waals surface area contributed by atoms with Gasteiger partial charge in [-0.05, 0) is 37.1 Å². The monoisotopic (exact) mass is 214 g/mol. The van der Waals surface area contributed by atoms with E-state index in [9.17, 15) is 5.11 Å². The molecule has 3 nitrogen and oxygen atoms in total. The predicted molar refractivity (Wildman–Crippen MR) is 59.2 cm³/mol. The van der Waals surface area contributed by atoms with Gasteiger partial charge in [0.2, 0.25) is 0 Å². The van der Waals surface area contributed by atoms with Crippen molar-refractivity contribution in [3.05, 3.63) is 28.3 Å². The van der Waals surface area contributed by atoms with Crippen molar-refractivity contribution in [2.24, 2.45) is 5.73 Å². The minimum atomic E-state index is -0.643. The summed E-state index contributed by atoms with van der Waals surface area (Å²) in [4.78, 5) is 0. The molecule has 0 unspecified atom stereocenters. The number of anilines is 1. The molecule has 1 rings (SSSR count). The molecule has 5 N–H and O–H groups in total. The largest absolute Gasteiger partial charge is 0.398 e. The molecule has 0 amide bonds. The van der Waals surface area contributed by atoms with Crippen molar-refractivity contribution in [3.8, 4) is 0 Å². The molecule has 0 aromatic heterocycles. The zero-order valence-electron chi connectivity index (χ0n) is 8.29. The second-order valence-corrected chi connectivity index (χ2v) is 3.93. The molecule has 0 bridgehead atoms. The lowest BCUT2D eigenvalue weighted by Gasteiger charge is -2.18. The van der Waals surface area contributed by atoms with Crippen molar-refractivity contribution < 1.29 is 5.11 Å². The minimum absolute atomic E-state index is 0.493. The zero-order chi connectivity index (χ0) is 10.9. The van der Waals surface area contributed by atoms with Crippen LogP contribution in [0.1, 0.15) is 24.1 Å². The molecular weight excluding hydrogens is 200 g/mol. The lowest BCUT2D eigenvalue weighted by molar-refractivity contribution is 0.164. The molecule has 14 heavy (non-hydrogen) atoms. The summed E-state index contributed by atoms with van der Waals surface area (Å²) < 4.78 is 0. The van der Waals surface area contributed by atoms with Crippen molar-refractivity contribution in [1.29, 1.82) is 0 Å². The van der Waals surface area contributed by atoms with Gasteiger partial charge in [-0.25, -0.2) is 0 Å². The number of benzene rings is 1. The number of nitrogen functional groups attached to an aromatic ring is 1. The van der Waals surface area contributed by atoms with E-state index in [1.165, 1.54) is 0 Å². The molecule has 0 heterocycles. The van der Waals surface area contributed by atoms with E-state index >= 15 is 0 Å². The van der Waals surface area contributed by atoms with Gasteiger partial charge < -0.3 is 16.6 Å². The molecule has 0 aliphatic heterocycles. The fraction of sp³-hybridized carbons (Fsp3) is 0.400. The molecule has 0 radical (unpaired) electrons. The summed E-state index contributed by atoms with van der Waals surface area (Å²) in [5.41, 5.74) is 13.8. The summed E-state index contributed by atoms with van der Waals surface area (Å²) in [5, 5.41) is 9.94. The maximum atomic E-state index is 9.36. The lowest BCUT2D eigenvalue weighted by Crippen LogP contribution is -2.24. The van der Waals surface area contributed by atoms with E-state index in [1.807, 2.05) is 6.92 Å². The van der Waals surface area contributed by atoms with Crippen LogP contribution in [0.3, 0.4) is 0 Å². The molecule has 4 heteroatoms. The maximum Gasteiger partial charge on any atom is 0.0705 e. The van der Waals surface area contributed by atoms with Crippen molar-refractivity contribution in [2.45, 2.75) is 26.0 Å². The molecule has 0 aliphatic carbocycles. The van der Waals surface area contributed by atoms with Gasteiger partial charge in [-0.15, -0.1) is 0 Å². The molecule has 0 aliphatic rings. The SMILES string of the molecule is Cc1cc(Cl)cc([C@@H](N)[C@@H](C)O)c1N. The Balaban J connectivity index is 3.20. The van der Waals surface area contributed by atoms with Crippen molar-refractivity contribution in [3.63, 3.8) is 0 Å². The van der Waals surface area contributed by atoms with Crippen LogP contribution >= 0.6 is 11.6 Å². The number of halogens is 1. The first kappa shape index (κ1) is 11.3. The number of aliphatic hydroxyl groups is 1. The molecule has 1 aromatic carbocycles. The average molecular weight is 215 g/mol. The van der Waals surface area contributed by atoms with Crippen LogP contribution in [0.15, 0.2) is 12.1 Å². The van der Waals surface area contributed by atoms with Gasteiger partial charge in [0.05, 0.1) is 12.1 Å². The van der Waals surface area contributed by atoms with Crippen LogP contribution in [0.4, 0.5) is 5.69 Å². The number of aryl methyl sites for hydroxylation is 1. The molecular formula is C10H15ClN2O. The van der Waals surface area contributed by atoms with Crippen molar-refractivity contribution in [2.75, 3.05) is 5.73 Å². The number of hydrogen-bond acceptors (Lipinski definition) is 3. The van der Waals surface area contributed by atoms with Crippen LogP contribution in [0.5, 0.6) is 0 Å². The number of hydrogen-bond donors (Lipinski definition) is 3. The minimum Gasteiger partial charge on any atom is -0.398 e. The van der Waals surface area contributed by atoms with E-state index in [2.05, 4.69) is 0 Å². The molecule has 0 saturated carbocycles. The Labute approximate surface area is 88.7 Å². The molecule has 78 valence electrons. The molecule has 0 saturated heterocycles. The smallest absolute Gasteiger partial charge is 0.0705 e. The number of aliphatic hydroxyl groups excluding tert-OH is 1. The summed E-state index contributed by atoms with van der Waals surface area (Å²) in [5.74, 6) is 0. The van der Waals surface area contributed by atoms with E-state index in [4.69, 9.17) is 23.1 Å². The number of rotatable bonds is 2. The quantitative estimate of drug-likeness (QED) is 0.655. The summed E-state index contributed by atoms with van der Waals surface area (Å²) in [6.45, 7) is 3.49. The highest BCUT2D eigenvalue weighted by atomic mass is 35.5. The van der Waals surface area contributed by atoms with Gasteiger partial charge in [0, 0.05) is 10.7 Å². The van der Waals surface area contributed by atoms with Gasteiger partial charge in [0.25, 0.3) is 0 Å². The normalized spacial score (nSPS) is 15.2. The van der Waals surface area contributed by atoms with Crippen LogP contribution in [0.2, 0.25) is 5.02 Å². The van der Waals surface area contributed by atoms with Gasteiger partial charge in [-0.1, -0.05) is 11.6 Å². The Kier molecular flexibility index (Phi) is 3.37. The van der Waals surface area contributed by atoms with Crippen molar-refractivity contribution >= 4 is 17.3 Å². The Bertz CT molecular complexity index is 339. The zero-order valence-corrected chi connectivity index (χ0v) is 9.05. The van der Waals surface area contributed by atoms with Crippen LogP contribution in [-0.4, -0.2) is 11.2 Å². The highest BCUT2D eigenvalue weighted by molar-refractivity contribution is 6.30. The third-order valence-corrected chi connectivity index (χ3v) is 2.48. The van der Waals surface area contributed by atoms with Crippen molar-refractivity contribution in [1.82, 2.24) is 0 Å². The molecule has 2 atom stereocenters. The average Bonchev–Trinajstić information content (AvgIpc) is 2.09. The summed E-state index contributed by atoms with van der Waals surface area (Å²) in [6, 6.07) is 2.98. The summed E-state index contributed by atoms with van der Waals surface area (Å²) in [6.07, 6.45) is -0.643. The van der Waals surface area contributed by atoms with Gasteiger partial charge in [0.1, 0.15) is 0 Å². The van der Waals surface area contributed by atoms with Gasteiger partial charge in [-0.3, -0.25) is 0 Å². The van der Waals surface area contributed by atoms with E-state index in [-0.39, 0.29) is 0 Å². The van der Waals surface area contributed by atoms with Crippen LogP contribution in [-0.2, 0) is 0 Å². The first-order chi connectivity index (χ1) is 6.43. The van der Waals surface area contributed by atoms with E-state index in [1.54, 1.807) is 19.1 Å². The third kappa shape index (κ3) is 2.18. The first-order valence-corrected chi connectivity index (χ1v) is 4.80. The predicted octanol–water partition coefficient (Wildman–Crippen LogP) is 1.61. The fourth-order valence-electron chi connectivity index (χ4n) is 1.32. The third-order valence-electron chi connectivity index (χ3n) is 2.26. The standard InChI is InChI=1S/C10H15ClN2O/c1-5-3-7(11)4-8(9(5)12)10(13)6(2)14/h3-4,6,10,14H,12-13H2,1-2H3/t6-,10+/m1/s1. The van der Waals surface area contributed by atoms with Crippen LogP contribution in [0, 0.1) is 6.92 Å². The topological polar surface area (TPSA) is 72.3 Å². The van der Waals surface area contributed by atoms with Gasteiger partial charge >= 0.3 is 0 Å². The fourth-order valence-corrected chi connectivity index (χ4v) is 1.60. The Morgan fingerprint density at radius 1 is 1.43 bits per heavy atom. The van der Waals surface area contributed by atoms with Gasteiger partial charge in [-0.2, -0.15) is 0 Å². The maximum absolute atomic E-state index is 9.36. The summed E-state index contributed by atoms with van der Waals surface area (Å²) >= 11 is 5.88. The second kappa shape index (κ2) is 4.17. The molecule has 0 fully saturated rings. The Hall–Kier alpha value is -0.770. The molecule has 0 spiro atoms. The van der Waals surface area contributed by atoms with E-state index in [0.717, 1.165) is 5.56 Å². The first-order valence-electron chi connectivity index (χ1n) is 4.42. The number of nitrogens with two attached hydrogens (primary N) is 2. The Morgan fingerprint density at radius 3 is 2.50 bits per heavy atom. The van der Waals surface area contributed by atoms with E-state index in [0.29, 0.717) is 16.3 Å². The highest BCUT2D eigenvalue weighted by Gasteiger charge is 2.16. The van der Waals surface area contributed by atoms with Crippen LogP contribution < -0.4 is 11.5 Å². The molecule has 1 aromatic rings. The Morgan fingerprint density at radius 2 is 2.00 bits per heavy atom. The summed E-state index contributed by atoms with van der Waals surface area (Å²) in [7, 11) is 0. The van der Waals surface area contributed by atoms with Gasteiger partial charge in [0.15, 0.2) is 0 Å².